The van der Waals surface area contributed by atoms with E-state index in [1.54, 1.807) is 13.1 Å². The molecule has 120 valence electrons. The third kappa shape index (κ3) is 3.24. The number of carbonyl (C=O) groups is 1. The number of carbonyl (C=O) groups excluding carboxylic acids is 1. The molecule has 2 heterocycles. The third-order valence-electron chi connectivity index (χ3n) is 3.64. The number of H-pyrrole nitrogens is 1. The van der Waals surface area contributed by atoms with Crippen molar-refractivity contribution in [1.29, 1.82) is 0 Å². The van der Waals surface area contributed by atoms with E-state index in [0.29, 0.717) is 30.7 Å². The summed E-state index contributed by atoms with van der Waals surface area (Å²) < 4.78 is 12.6. The lowest BCUT2D eigenvalue weighted by atomic mass is 9.93. The Morgan fingerprint density at radius 1 is 1.50 bits per heavy atom. The highest BCUT2D eigenvalue weighted by Gasteiger charge is 2.23. The van der Waals surface area contributed by atoms with Crippen molar-refractivity contribution in [3.05, 3.63) is 29.7 Å². The predicted molar refractivity (Wildman–Crippen MR) is 81.2 cm³/mol. The average Bonchev–Trinajstić information content (AvgIpc) is 3.03. The maximum atomic E-state index is 11.7. The van der Waals surface area contributed by atoms with Gasteiger partial charge in [0.05, 0.1) is 24.5 Å². The van der Waals surface area contributed by atoms with Gasteiger partial charge in [-0.3, -0.25) is 4.68 Å². The molecule has 1 aliphatic carbocycles. The van der Waals surface area contributed by atoms with Crippen molar-refractivity contribution in [3.63, 3.8) is 0 Å². The van der Waals surface area contributed by atoms with Gasteiger partial charge in [0.1, 0.15) is 12.2 Å². The summed E-state index contributed by atoms with van der Waals surface area (Å²) in [5, 5.41) is 10.9. The minimum Gasteiger partial charge on any atom is -0.471 e. The van der Waals surface area contributed by atoms with Crippen LogP contribution < -0.4 is 4.74 Å². The number of aromatic amines is 1. The molecule has 0 spiro atoms. The van der Waals surface area contributed by atoms with Crippen LogP contribution in [0.15, 0.2) is 18.5 Å². The van der Waals surface area contributed by atoms with Crippen LogP contribution in [0.2, 0.25) is 0 Å². The maximum Gasteiger partial charge on any atom is 0.345 e. The second kappa shape index (κ2) is 7.31. The van der Waals surface area contributed by atoms with Gasteiger partial charge in [-0.25, -0.2) is 9.89 Å². The number of hydrogen-bond donors (Lipinski definition) is 1. The van der Waals surface area contributed by atoms with E-state index in [4.69, 9.17) is 9.47 Å². The van der Waals surface area contributed by atoms with Crippen molar-refractivity contribution in [3.8, 4) is 5.88 Å². The molecule has 3 rings (SSSR count). The zero-order valence-corrected chi connectivity index (χ0v) is 13.1. The lowest BCUT2D eigenvalue weighted by Crippen LogP contribution is -2.21. The van der Waals surface area contributed by atoms with Crippen molar-refractivity contribution < 1.29 is 14.3 Å². The van der Waals surface area contributed by atoms with Crippen LogP contribution in [0.1, 0.15) is 48.3 Å². The molecular formula is C14H19ClN4O3. The smallest absolute Gasteiger partial charge is 0.345 e. The van der Waals surface area contributed by atoms with Crippen LogP contribution >= 0.6 is 12.4 Å². The van der Waals surface area contributed by atoms with Crippen LogP contribution in [0, 0.1) is 0 Å². The van der Waals surface area contributed by atoms with Crippen LogP contribution in [0.5, 0.6) is 5.88 Å². The Labute approximate surface area is 134 Å². The van der Waals surface area contributed by atoms with Crippen molar-refractivity contribution in [2.75, 3.05) is 6.61 Å². The number of aromatic nitrogens is 4. The maximum absolute atomic E-state index is 11.7. The number of ether oxygens (including phenoxy) is 2. The zero-order valence-electron chi connectivity index (χ0n) is 12.3. The normalized spacial score (nSPS) is 14.0. The van der Waals surface area contributed by atoms with Gasteiger partial charge in [0.25, 0.3) is 0 Å². The summed E-state index contributed by atoms with van der Waals surface area (Å²) in [5.74, 6) is -0.108. The molecule has 0 unspecified atom stereocenters. The van der Waals surface area contributed by atoms with Gasteiger partial charge in [-0.1, -0.05) is 0 Å². The molecule has 8 heteroatoms. The molecule has 0 saturated heterocycles. The Hall–Kier alpha value is -2.02. The number of nitrogens with zero attached hydrogens (tertiary/aromatic N) is 3. The molecule has 0 bridgehead atoms. The van der Waals surface area contributed by atoms with Gasteiger partial charge in [0.15, 0.2) is 0 Å². The summed E-state index contributed by atoms with van der Waals surface area (Å²) in [6, 6.07) is 2.41. The Balaban J connectivity index is 0.00000176. The van der Waals surface area contributed by atoms with E-state index in [1.807, 2.05) is 10.7 Å². The second-order valence-corrected chi connectivity index (χ2v) is 4.97. The summed E-state index contributed by atoms with van der Waals surface area (Å²) in [7, 11) is 0. The summed E-state index contributed by atoms with van der Waals surface area (Å²) in [5.41, 5.74) is 1.30. The van der Waals surface area contributed by atoms with Gasteiger partial charge < -0.3 is 9.47 Å². The molecule has 0 amide bonds. The molecule has 0 aliphatic heterocycles. The van der Waals surface area contributed by atoms with E-state index in [0.717, 1.165) is 18.5 Å². The van der Waals surface area contributed by atoms with Crippen molar-refractivity contribution in [2.45, 2.75) is 38.8 Å². The van der Waals surface area contributed by atoms with Gasteiger partial charge in [0.2, 0.25) is 5.88 Å². The first kappa shape index (κ1) is 16.4. The molecular weight excluding hydrogens is 308 g/mol. The molecule has 7 nitrogen and oxygen atoms in total. The van der Waals surface area contributed by atoms with E-state index in [9.17, 15) is 4.79 Å². The summed E-state index contributed by atoms with van der Waals surface area (Å²) in [4.78, 5) is 11.7. The highest BCUT2D eigenvalue weighted by molar-refractivity contribution is 5.91. The summed E-state index contributed by atoms with van der Waals surface area (Å²) in [6.45, 7) is 2.42. The van der Waals surface area contributed by atoms with Crippen LogP contribution in [0.4, 0.5) is 0 Å². The molecule has 1 aliphatic rings. The van der Waals surface area contributed by atoms with Crippen LogP contribution in [0.3, 0.4) is 0 Å². The highest BCUT2D eigenvalue weighted by atomic mass is 35.5. The fourth-order valence-electron chi connectivity index (χ4n) is 2.30. The number of rotatable bonds is 6. The van der Waals surface area contributed by atoms with Crippen molar-refractivity contribution in [2.24, 2.45) is 0 Å². The van der Waals surface area contributed by atoms with Gasteiger partial charge in [-0.2, -0.15) is 10.2 Å². The monoisotopic (exact) mass is 326 g/mol. The van der Waals surface area contributed by atoms with Gasteiger partial charge >= 0.3 is 5.97 Å². The second-order valence-electron chi connectivity index (χ2n) is 4.97. The first-order valence-electron chi connectivity index (χ1n) is 7.15. The van der Waals surface area contributed by atoms with Gasteiger partial charge in [0, 0.05) is 6.20 Å². The standard InChI is InChI=1S/C14H18N4O3.ClH/c1-2-20-14(19)12-8-15-17-13(12)21-9-11-6-7-16-18(11)10-4-3-5-10;/h6-8,10H,2-5,9H2,1H3,(H,15,17);1H. The summed E-state index contributed by atoms with van der Waals surface area (Å²) >= 11 is 0. The quantitative estimate of drug-likeness (QED) is 0.825. The first-order chi connectivity index (χ1) is 10.3. The molecule has 2 aromatic rings. The topological polar surface area (TPSA) is 82.0 Å². The zero-order chi connectivity index (χ0) is 14.7. The van der Waals surface area contributed by atoms with Gasteiger partial charge in [-0.05, 0) is 32.3 Å². The SMILES string of the molecule is CCOC(=O)c1cn[nH]c1OCc1ccnn1C1CCC1.Cl. The van der Waals surface area contributed by atoms with E-state index in [1.165, 1.54) is 12.6 Å². The fourth-order valence-corrected chi connectivity index (χ4v) is 2.30. The van der Waals surface area contributed by atoms with Crippen LogP contribution in [-0.2, 0) is 11.3 Å². The lowest BCUT2D eigenvalue weighted by Gasteiger charge is -2.27. The Morgan fingerprint density at radius 3 is 3.00 bits per heavy atom. The Bertz CT molecular complexity index is 621. The molecule has 1 N–H and O–H groups in total. The molecule has 1 saturated carbocycles. The predicted octanol–water partition coefficient (Wildman–Crippen LogP) is 2.51. The molecule has 0 aromatic carbocycles. The first-order valence-corrected chi connectivity index (χ1v) is 7.15. The lowest BCUT2D eigenvalue weighted by molar-refractivity contribution is 0.0521. The number of hydrogen-bond acceptors (Lipinski definition) is 5. The Kier molecular flexibility index (Phi) is 5.43. The van der Waals surface area contributed by atoms with E-state index in [-0.39, 0.29) is 12.4 Å². The van der Waals surface area contributed by atoms with E-state index in [2.05, 4.69) is 15.3 Å². The minimum atomic E-state index is -0.436. The van der Waals surface area contributed by atoms with Crippen molar-refractivity contribution in [1.82, 2.24) is 20.0 Å². The van der Waals surface area contributed by atoms with E-state index >= 15 is 0 Å². The number of nitrogens with one attached hydrogen (secondary N) is 1. The molecule has 0 atom stereocenters. The number of halogens is 1. The molecule has 1 fully saturated rings. The minimum absolute atomic E-state index is 0. The van der Waals surface area contributed by atoms with E-state index < -0.39 is 5.97 Å². The fraction of sp³-hybridized carbons (Fsp3) is 0.500. The number of esters is 1. The molecule has 22 heavy (non-hydrogen) atoms. The average molecular weight is 327 g/mol. The Morgan fingerprint density at radius 2 is 2.32 bits per heavy atom. The largest absolute Gasteiger partial charge is 0.471 e. The highest BCUT2D eigenvalue weighted by Crippen LogP contribution is 2.32. The van der Waals surface area contributed by atoms with Crippen LogP contribution in [-0.4, -0.2) is 32.6 Å². The van der Waals surface area contributed by atoms with Crippen LogP contribution in [0.25, 0.3) is 0 Å². The summed E-state index contributed by atoms with van der Waals surface area (Å²) in [6.07, 6.45) is 6.75. The molecule has 0 radical (unpaired) electrons. The van der Waals surface area contributed by atoms with Crippen molar-refractivity contribution >= 4 is 18.4 Å². The molecule has 2 aromatic heterocycles. The van der Waals surface area contributed by atoms with Gasteiger partial charge in [-0.15, -0.1) is 12.4 Å². The third-order valence-corrected chi connectivity index (χ3v) is 3.64.